The van der Waals surface area contributed by atoms with E-state index >= 15 is 0 Å². The molecule has 2 atom stereocenters. The maximum absolute atomic E-state index is 11.6. The molecule has 0 amide bonds. The minimum atomic E-state index is -2.77. The number of benzene rings is 1. The molecule has 3 rings (SSSR count). The Kier molecular flexibility index (Phi) is 4.22. The maximum atomic E-state index is 11.6. The van der Waals surface area contributed by atoms with Crippen LogP contribution in [0.5, 0.6) is 5.75 Å². The number of rotatable bonds is 4. The number of ether oxygens (including phenoxy) is 1. The van der Waals surface area contributed by atoms with E-state index in [9.17, 15) is 8.42 Å². The summed E-state index contributed by atoms with van der Waals surface area (Å²) in [4.78, 5) is 2.47. The van der Waals surface area contributed by atoms with Crippen molar-refractivity contribution >= 4 is 9.84 Å². The van der Waals surface area contributed by atoms with Gasteiger partial charge in [0.05, 0.1) is 18.6 Å². The average molecular weight is 309 g/mol. The fourth-order valence-electron chi connectivity index (χ4n) is 3.60. The third-order valence-electron chi connectivity index (χ3n) is 4.68. The van der Waals surface area contributed by atoms with Gasteiger partial charge in [-0.25, -0.2) is 8.42 Å². The Hall–Kier alpha value is -1.07. The minimum Gasteiger partial charge on any atom is -0.497 e. The summed E-state index contributed by atoms with van der Waals surface area (Å²) in [7, 11) is -1.09. The van der Waals surface area contributed by atoms with E-state index in [0.29, 0.717) is 23.5 Å². The second-order valence-corrected chi connectivity index (χ2v) is 8.42. The predicted octanol–water partition coefficient (Wildman–Crippen LogP) is 2.27. The van der Waals surface area contributed by atoms with Crippen molar-refractivity contribution in [1.82, 2.24) is 4.90 Å². The highest BCUT2D eigenvalue weighted by Gasteiger charge is 2.33. The molecule has 0 aromatic heterocycles. The summed E-state index contributed by atoms with van der Waals surface area (Å²) >= 11 is 0. The van der Waals surface area contributed by atoms with Gasteiger partial charge >= 0.3 is 0 Å². The molecule has 0 spiro atoms. The van der Waals surface area contributed by atoms with Crippen LogP contribution < -0.4 is 4.74 Å². The normalized spacial score (nSPS) is 28.8. The number of hydrogen-bond donors (Lipinski definition) is 0. The van der Waals surface area contributed by atoms with E-state index in [-0.39, 0.29) is 0 Å². The van der Waals surface area contributed by atoms with Gasteiger partial charge in [-0.1, -0.05) is 12.1 Å². The summed E-state index contributed by atoms with van der Waals surface area (Å²) in [5.74, 6) is 1.94. The maximum Gasteiger partial charge on any atom is 0.150 e. The average Bonchev–Trinajstić information content (AvgIpc) is 3.06. The van der Waals surface area contributed by atoms with E-state index in [1.165, 1.54) is 12.0 Å². The van der Waals surface area contributed by atoms with Crippen molar-refractivity contribution < 1.29 is 13.2 Å². The second kappa shape index (κ2) is 5.97. The molecule has 2 heterocycles. The first-order valence-corrected chi connectivity index (χ1v) is 9.48. The zero-order valence-corrected chi connectivity index (χ0v) is 13.3. The molecule has 0 saturated carbocycles. The second-order valence-electron chi connectivity index (χ2n) is 6.20. The van der Waals surface area contributed by atoms with Crippen LogP contribution in [0.4, 0.5) is 0 Å². The van der Waals surface area contributed by atoms with Gasteiger partial charge in [0.15, 0.2) is 9.84 Å². The Morgan fingerprint density at radius 1 is 1.24 bits per heavy atom. The molecule has 0 radical (unpaired) electrons. The third kappa shape index (κ3) is 3.40. The van der Waals surface area contributed by atoms with Gasteiger partial charge in [0.2, 0.25) is 0 Å². The van der Waals surface area contributed by atoms with Gasteiger partial charge in [-0.3, -0.25) is 4.90 Å². The van der Waals surface area contributed by atoms with Crippen molar-refractivity contribution in [2.24, 2.45) is 5.92 Å². The van der Waals surface area contributed by atoms with Crippen LogP contribution in [0.1, 0.15) is 30.9 Å². The van der Waals surface area contributed by atoms with E-state index in [2.05, 4.69) is 17.0 Å². The van der Waals surface area contributed by atoms with Crippen LogP contribution in [0, 0.1) is 5.92 Å². The lowest BCUT2D eigenvalue weighted by molar-refractivity contribution is 0.224. The molecule has 5 heteroatoms. The first-order chi connectivity index (χ1) is 10.1. The van der Waals surface area contributed by atoms with E-state index in [1.807, 2.05) is 12.1 Å². The van der Waals surface area contributed by atoms with Crippen LogP contribution in [0.25, 0.3) is 0 Å². The molecule has 1 aromatic carbocycles. The highest BCUT2D eigenvalue weighted by molar-refractivity contribution is 7.91. The molecule has 0 bridgehead atoms. The van der Waals surface area contributed by atoms with E-state index in [1.54, 1.807) is 7.11 Å². The molecule has 2 fully saturated rings. The monoisotopic (exact) mass is 309 g/mol. The molecule has 4 nitrogen and oxygen atoms in total. The molecule has 0 aliphatic carbocycles. The highest BCUT2D eigenvalue weighted by Crippen LogP contribution is 2.34. The number of hydrogen-bond acceptors (Lipinski definition) is 4. The lowest BCUT2D eigenvalue weighted by Crippen LogP contribution is -2.29. The van der Waals surface area contributed by atoms with Crippen molar-refractivity contribution in [3.8, 4) is 5.75 Å². The van der Waals surface area contributed by atoms with Crippen LogP contribution in [-0.4, -0.2) is 45.0 Å². The summed E-state index contributed by atoms with van der Waals surface area (Å²) in [6, 6.07) is 8.71. The summed E-state index contributed by atoms with van der Waals surface area (Å²) in [6.07, 6.45) is 3.18. The molecule has 0 unspecified atom stereocenters. The van der Waals surface area contributed by atoms with E-state index in [4.69, 9.17) is 4.74 Å². The van der Waals surface area contributed by atoms with Crippen LogP contribution in [0.3, 0.4) is 0 Å². The zero-order valence-electron chi connectivity index (χ0n) is 12.5. The lowest BCUT2D eigenvalue weighted by Gasteiger charge is -2.27. The molecule has 0 N–H and O–H groups in total. The topological polar surface area (TPSA) is 46.6 Å². The molecule has 1 aromatic rings. The fourth-order valence-corrected chi connectivity index (χ4v) is 5.45. The van der Waals surface area contributed by atoms with Crippen molar-refractivity contribution in [2.75, 3.05) is 31.7 Å². The van der Waals surface area contributed by atoms with Gasteiger partial charge in [-0.05, 0) is 49.4 Å². The van der Waals surface area contributed by atoms with Gasteiger partial charge in [-0.2, -0.15) is 0 Å². The van der Waals surface area contributed by atoms with Crippen LogP contribution >= 0.6 is 0 Å². The van der Waals surface area contributed by atoms with Gasteiger partial charge < -0.3 is 4.74 Å². The molecular formula is C16H23NO3S. The molecule has 2 aliphatic rings. The molecule has 2 saturated heterocycles. The Morgan fingerprint density at radius 3 is 2.62 bits per heavy atom. The van der Waals surface area contributed by atoms with Gasteiger partial charge in [0.25, 0.3) is 0 Å². The Labute approximate surface area is 127 Å². The first-order valence-electron chi connectivity index (χ1n) is 7.66. The van der Waals surface area contributed by atoms with E-state index < -0.39 is 9.84 Å². The molecule has 116 valence electrons. The minimum absolute atomic E-state index is 0.314. The molecular weight excluding hydrogens is 286 g/mol. The van der Waals surface area contributed by atoms with E-state index in [0.717, 1.165) is 31.7 Å². The summed E-state index contributed by atoms with van der Waals surface area (Å²) in [5.41, 5.74) is 1.31. The number of likely N-dealkylation sites (tertiary alicyclic amines) is 1. The third-order valence-corrected chi connectivity index (χ3v) is 6.52. The predicted molar refractivity (Wildman–Crippen MR) is 83.3 cm³/mol. The summed E-state index contributed by atoms with van der Waals surface area (Å²) in [5, 5.41) is 0. The zero-order chi connectivity index (χ0) is 14.9. The highest BCUT2D eigenvalue weighted by atomic mass is 32.2. The van der Waals surface area contributed by atoms with Crippen LogP contribution in [-0.2, 0) is 9.84 Å². The summed E-state index contributed by atoms with van der Waals surface area (Å²) < 4.78 is 28.4. The smallest absolute Gasteiger partial charge is 0.150 e. The number of nitrogens with zero attached hydrogens (tertiary/aromatic N) is 1. The lowest BCUT2D eigenvalue weighted by atomic mass is 10.0. The number of sulfone groups is 1. The quantitative estimate of drug-likeness (QED) is 0.856. The van der Waals surface area contributed by atoms with Gasteiger partial charge in [0, 0.05) is 12.6 Å². The number of methoxy groups -OCH3 is 1. The van der Waals surface area contributed by atoms with Crippen molar-refractivity contribution in [2.45, 2.75) is 25.3 Å². The first kappa shape index (κ1) is 14.9. The Morgan fingerprint density at radius 2 is 2.00 bits per heavy atom. The Balaban J connectivity index is 1.67. The largest absolute Gasteiger partial charge is 0.497 e. The Bertz CT molecular complexity index is 582. The molecule has 21 heavy (non-hydrogen) atoms. The van der Waals surface area contributed by atoms with Crippen molar-refractivity contribution in [1.29, 1.82) is 0 Å². The van der Waals surface area contributed by atoms with Crippen LogP contribution in [0.2, 0.25) is 0 Å². The van der Waals surface area contributed by atoms with Crippen LogP contribution in [0.15, 0.2) is 24.3 Å². The van der Waals surface area contributed by atoms with Gasteiger partial charge in [0.1, 0.15) is 5.75 Å². The summed E-state index contributed by atoms with van der Waals surface area (Å²) in [6.45, 7) is 1.99. The SMILES string of the molecule is COc1ccc([C@@H]2CCCN2C[C@@H]2CCS(=O)(=O)C2)cc1. The van der Waals surface area contributed by atoms with Crippen molar-refractivity contribution in [3.05, 3.63) is 29.8 Å². The van der Waals surface area contributed by atoms with Crippen molar-refractivity contribution in [3.63, 3.8) is 0 Å². The van der Waals surface area contributed by atoms with Gasteiger partial charge in [-0.15, -0.1) is 0 Å². The fraction of sp³-hybridized carbons (Fsp3) is 0.625. The standard InChI is InChI=1S/C16H23NO3S/c1-20-15-6-4-14(5-7-15)16-3-2-9-17(16)11-13-8-10-21(18,19)12-13/h4-7,13,16H,2-3,8-12H2,1H3/t13-,16-/m0/s1. The molecule has 2 aliphatic heterocycles.